The van der Waals surface area contributed by atoms with E-state index in [9.17, 15) is 9.59 Å². The van der Waals surface area contributed by atoms with Crippen molar-refractivity contribution >= 4 is 29.2 Å². The van der Waals surface area contributed by atoms with Crippen LogP contribution in [0.3, 0.4) is 0 Å². The number of allylic oxidation sites excluding steroid dienone is 1. The summed E-state index contributed by atoms with van der Waals surface area (Å²) in [5.41, 5.74) is 6.07. The molecule has 0 unspecified atom stereocenters. The Kier molecular flexibility index (Phi) is 8.87. The molecule has 3 aromatic rings. The number of anilines is 2. The number of likely N-dealkylation sites (N-methyl/N-ethyl adjacent to an activating group) is 1. The first kappa shape index (κ1) is 28.1. The van der Waals surface area contributed by atoms with E-state index in [2.05, 4.69) is 67.2 Å². The van der Waals surface area contributed by atoms with Gasteiger partial charge in [-0.3, -0.25) is 4.79 Å². The molecule has 1 aliphatic rings. The molecule has 1 heterocycles. The van der Waals surface area contributed by atoms with Crippen LogP contribution >= 0.6 is 0 Å². The fraction of sp³-hybridized carbons (Fsp3) is 0.333. The minimum atomic E-state index is -0.967. The normalized spacial score (nSPS) is 14.5. The van der Waals surface area contributed by atoms with Crippen molar-refractivity contribution in [2.75, 3.05) is 50.0 Å². The van der Waals surface area contributed by atoms with Crippen molar-refractivity contribution in [2.24, 2.45) is 0 Å². The molecule has 0 saturated carbocycles. The van der Waals surface area contributed by atoms with Crippen molar-refractivity contribution in [3.05, 3.63) is 101 Å². The molecule has 204 valence electrons. The number of aromatic carboxylic acids is 1. The first-order valence-corrected chi connectivity index (χ1v) is 13.6. The summed E-state index contributed by atoms with van der Waals surface area (Å²) in [4.78, 5) is 29.3. The fourth-order valence-electron chi connectivity index (χ4n) is 4.82. The van der Waals surface area contributed by atoms with Crippen LogP contribution in [0.15, 0.2) is 72.8 Å². The van der Waals surface area contributed by atoms with Gasteiger partial charge in [0.15, 0.2) is 5.78 Å². The van der Waals surface area contributed by atoms with Crippen LogP contribution in [0.4, 0.5) is 11.4 Å². The Hall–Kier alpha value is -3.90. The lowest BCUT2D eigenvalue weighted by molar-refractivity contribution is 0.0696. The van der Waals surface area contributed by atoms with E-state index in [-0.39, 0.29) is 16.8 Å². The van der Waals surface area contributed by atoms with Crippen molar-refractivity contribution < 1.29 is 14.7 Å². The smallest absolute Gasteiger partial charge is 0.335 e. The van der Waals surface area contributed by atoms with Crippen molar-refractivity contribution in [2.45, 2.75) is 32.6 Å². The van der Waals surface area contributed by atoms with E-state index in [0.717, 1.165) is 61.6 Å². The number of carboxylic acid groups (broad SMARTS) is 1. The van der Waals surface area contributed by atoms with Gasteiger partial charge in [-0.15, -0.1) is 0 Å². The predicted molar refractivity (Wildman–Crippen MR) is 160 cm³/mol. The lowest BCUT2D eigenvalue weighted by atomic mass is 9.83. The van der Waals surface area contributed by atoms with Gasteiger partial charge in [0.1, 0.15) is 0 Å². The third-order valence-corrected chi connectivity index (χ3v) is 7.20. The summed E-state index contributed by atoms with van der Waals surface area (Å²) >= 11 is 0. The molecule has 3 aromatic carbocycles. The van der Waals surface area contributed by atoms with E-state index in [1.807, 2.05) is 18.2 Å². The third kappa shape index (κ3) is 7.36. The molecule has 2 N–H and O–H groups in total. The molecule has 0 aliphatic carbocycles. The van der Waals surface area contributed by atoms with Gasteiger partial charge in [0.2, 0.25) is 0 Å². The fourth-order valence-corrected chi connectivity index (χ4v) is 4.82. The monoisotopic (exact) mass is 525 g/mol. The number of carbonyl (C=O) groups is 2. The van der Waals surface area contributed by atoms with Gasteiger partial charge in [-0.25, -0.2) is 4.79 Å². The Morgan fingerprint density at radius 1 is 0.923 bits per heavy atom. The molecule has 39 heavy (non-hydrogen) atoms. The zero-order chi connectivity index (χ0) is 28.0. The average Bonchev–Trinajstić information content (AvgIpc) is 2.92. The molecule has 0 atom stereocenters. The number of ketones is 1. The molecule has 0 spiro atoms. The SMILES string of the molecule is CN1CCN(c2cc(C(=O)C=Cc3ccc(C(=O)O)cc3)cc(C(C)(C)C)c2NCCc2ccccc2)CC1. The molecule has 0 radical (unpaired) electrons. The zero-order valence-electron chi connectivity index (χ0n) is 23.4. The van der Waals surface area contributed by atoms with Gasteiger partial charge < -0.3 is 20.2 Å². The maximum atomic E-state index is 13.4. The van der Waals surface area contributed by atoms with E-state index in [0.29, 0.717) is 5.56 Å². The van der Waals surface area contributed by atoms with Gasteiger partial charge in [-0.2, -0.15) is 0 Å². The molecular weight excluding hydrogens is 486 g/mol. The van der Waals surface area contributed by atoms with Gasteiger partial charge in [0.25, 0.3) is 0 Å². The third-order valence-electron chi connectivity index (χ3n) is 7.20. The highest BCUT2D eigenvalue weighted by Gasteiger charge is 2.26. The van der Waals surface area contributed by atoms with Crippen molar-refractivity contribution in [3.63, 3.8) is 0 Å². The molecule has 4 rings (SSSR count). The number of nitrogens with one attached hydrogen (secondary N) is 1. The van der Waals surface area contributed by atoms with Gasteiger partial charge in [0, 0.05) is 38.3 Å². The van der Waals surface area contributed by atoms with E-state index in [1.165, 1.54) is 5.56 Å². The Morgan fingerprint density at radius 2 is 1.59 bits per heavy atom. The van der Waals surface area contributed by atoms with Crippen LogP contribution in [0, 0.1) is 0 Å². The first-order chi connectivity index (χ1) is 18.6. The molecule has 0 amide bonds. The molecule has 6 nitrogen and oxygen atoms in total. The summed E-state index contributed by atoms with van der Waals surface area (Å²) in [6, 6.07) is 21.1. The van der Waals surface area contributed by atoms with Crippen LogP contribution < -0.4 is 10.2 Å². The van der Waals surface area contributed by atoms with E-state index in [1.54, 1.807) is 36.4 Å². The van der Waals surface area contributed by atoms with Gasteiger partial charge in [-0.05, 0) is 65.9 Å². The van der Waals surface area contributed by atoms with E-state index in [4.69, 9.17) is 5.11 Å². The molecule has 0 aromatic heterocycles. The average molecular weight is 526 g/mol. The standard InChI is InChI=1S/C33H39N3O3/c1-33(2,3)28-22-27(30(37)15-12-25-10-13-26(14-11-25)32(38)39)23-29(36-20-18-35(4)19-21-36)31(28)34-17-16-24-8-6-5-7-9-24/h5-15,22-23,34H,16-21H2,1-4H3,(H,38,39). The maximum absolute atomic E-state index is 13.4. The number of rotatable bonds is 9. The maximum Gasteiger partial charge on any atom is 0.335 e. The number of hydrogen-bond acceptors (Lipinski definition) is 5. The van der Waals surface area contributed by atoms with Gasteiger partial charge in [0.05, 0.1) is 16.9 Å². The highest BCUT2D eigenvalue weighted by molar-refractivity contribution is 6.08. The van der Waals surface area contributed by atoms with Crippen LogP contribution in [0.5, 0.6) is 0 Å². The molecule has 1 saturated heterocycles. The minimum Gasteiger partial charge on any atom is -0.478 e. The Morgan fingerprint density at radius 3 is 2.21 bits per heavy atom. The second-order valence-electron chi connectivity index (χ2n) is 11.2. The van der Waals surface area contributed by atoms with Crippen LogP contribution in [-0.2, 0) is 11.8 Å². The quantitative estimate of drug-likeness (QED) is 0.264. The number of carboxylic acids is 1. The van der Waals surface area contributed by atoms with Crippen LogP contribution in [0.2, 0.25) is 0 Å². The highest BCUT2D eigenvalue weighted by Crippen LogP contribution is 2.39. The van der Waals surface area contributed by atoms with Gasteiger partial charge >= 0.3 is 5.97 Å². The van der Waals surface area contributed by atoms with E-state index < -0.39 is 5.97 Å². The predicted octanol–water partition coefficient (Wildman–Crippen LogP) is 5.98. The summed E-state index contributed by atoms with van der Waals surface area (Å²) in [7, 11) is 2.14. The number of carbonyl (C=O) groups excluding carboxylic acids is 1. The van der Waals surface area contributed by atoms with Crippen LogP contribution in [0.1, 0.15) is 58.2 Å². The van der Waals surface area contributed by atoms with Crippen LogP contribution in [-0.4, -0.2) is 61.5 Å². The summed E-state index contributed by atoms with van der Waals surface area (Å²) in [6.07, 6.45) is 4.23. The largest absolute Gasteiger partial charge is 0.478 e. The zero-order valence-corrected chi connectivity index (χ0v) is 23.4. The molecular formula is C33H39N3O3. The van der Waals surface area contributed by atoms with Crippen molar-refractivity contribution in [1.29, 1.82) is 0 Å². The lowest BCUT2D eigenvalue weighted by Gasteiger charge is -2.37. The second-order valence-corrected chi connectivity index (χ2v) is 11.2. The minimum absolute atomic E-state index is 0.0750. The number of benzene rings is 3. The lowest BCUT2D eigenvalue weighted by Crippen LogP contribution is -2.45. The Labute approximate surface area is 232 Å². The first-order valence-electron chi connectivity index (χ1n) is 13.6. The molecule has 0 bridgehead atoms. The van der Waals surface area contributed by atoms with Crippen molar-refractivity contribution in [1.82, 2.24) is 4.90 Å². The number of piperazine rings is 1. The van der Waals surface area contributed by atoms with E-state index >= 15 is 0 Å². The topological polar surface area (TPSA) is 72.9 Å². The molecule has 1 fully saturated rings. The summed E-state index contributed by atoms with van der Waals surface area (Å²) in [6.45, 7) is 11.1. The van der Waals surface area contributed by atoms with Crippen molar-refractivity contribution in [3.8, 4) is 0 Å². The van der Waals surface area contributed by atoms with Crippen LogP contribution in [0.25, 0.3) is 6.08 Å². The Balaban J connectivity index is 1.67. The summed E-state index contributed by atoms with van der Waals surface area (Å²) in [5.74, 6) is -1.04. The second kappa shape index (κ2) is 12.3. The van der Waals surface area contributed by atoms with Gasteiger partial charge in [-0.1, -0.05) is 69.3 Å². The number of hydrogen-bond donors (Lipinski definition) is 2. The number of nitrogens with zero attached hydrogens (tertiary/aromatic N) is 2. The highest BCUT2D eigenvalue weighted by atomic mass is 16.4. The Bertz CT molecular complexity index is 1320. The summed E-state index contributed by atoms with van der Waals surface area (Å²) < 4.78 is 0. The molecule has 6 heteroatoms. The summed E-state index contributed by atoms with van der Waals surface area (Å²) in [5, 5.41) is 12.9. The molecule has 1 aliphatic heterocycles.